The standard InChI is InChI=1S/C11H14N2O2S/c1-7(14)10-6-16-11(12-10)13-4-8-2-3-9(5-13)15-8/h6,8-9H,2-5H2,1H3. The highest BCUT2D eigenvalue weighted by Crippen LogP contribution is 2.31. The van der Waals surface area contributed by atoms with Crippen molar-refractivity contribution in [1.82, 2.24) is 4.98 Å². The van der Waals surface area contributed by atoms with Crippen LogP contribution in [0.3, 0.4) is 0 Å². The minimum Gasteiger partial charge on any atom is -0.371 e. The summed E-state index contributed by atoms with van der Waals surface area (Å²) in [5.74, 6) is 0.0405. The van der Waals surface area contributed by atoms with E-state index in [-0.39, 0.29) is 5.78 Å². The lowest BCUT2D eigenvalue weighted by Gasteiger charge is -2.31. The lowest BCUT2D eigenvalue weighted by Crippen LogP contribution is -2.42. The van der Waals surface area contributed by atoms with Gasteiger partial charge in [-0.2, -0.15) is 0 Å². The molecule has 16 heavy (non-hydrogen) atoms. The summed E-state index contributed by atoms with van der Waals surface area (Å²) in [7, 11) is 0. The van der Waals surface area contributed by atoms with Crippen LogP contribution in [0.15, 0.2) is 5.38 Å². The van der Waals surface area contributed by atoms with Gasteiger partial charge in [-0.1, -0.05) is 0 Å². The number of ether oxygens (including phenoxy) is 1. The lowest BCUT2D eigenvalue weighted by atomic mass is 10.2. The predicted molar refractivity (Wildman–Crippen MR) is 62.2 cm³/mol. The molecule has 0 amide bonds. The molecule has 2 aliphatic heterocycles. The van der Waals surface area contributed by atoms with E-state index >= 15 is 0 Å². The average Bonchev–Trinajstić information content (AvgIpc) is 2.85. The number of morpholine rings is 1. The maximum absolute atomic E-state index is 11.2. The van der Waals surface area contributed by atoms with Gasteiger partial charge in [0.15, 0.2) is 10.9 Å². The van der Waals surface area contributed by atoms with Crippen molar-refractivity contribution in [2.24, 2.45) is 0 Å². The molecule has 1 aromatic heterocycles. The third-order valence-electron chi connectivity index (χ3n) is 3.17. The highest BCUT2D eigenvalue weighted by molar-refractivity contribution is 7.13. The quantitative estimate of drug-likeness (QED) is 0.736. The number of thiazole rings is 1. The van der Waals surface area contributed by atoms with E-state index in [4.69, 9.17) is 4.74 Å². The zero-order chi connectivity index (χ0) is 11.1. The molecule has 0 aromatic carbocycles. The Kier molecular flexibility index (Phi) is 2.44. The highest BCUT2D eigenvalue weighted by Gasteiger charge is 2.34. The van der Waals surface area contributed by atoms with Gasteiger partial charge in [0.2, 0.25) is 0 Å². The van der Waals surface area contributed by atoms with Gasteiger partial charge in [-0.3, -0.25) is 4.79 Å². The number of Topliss-reactive ketones (excluding diaryl/α,β-unsaturated/α-hetero) is 1. The van der Waals surface area contributed by atoms with Gasteiger partial charge in [0, 0.05) is 25.4 Å². The van der Waals surface area contributed by atoms with Gasteiger partial charge in [-0.15, -0.1) is 11.3 Å². The second-order valence-electron chi connectivity index (χ2n) is 4.43. The van der Waals surface area contributed by atoms with Crippen molar-refractivity contribution in [3.8, 4) is 0 Å². The summed E-state index contributed by atoms with van der Waals surface area (Å²) in [6, 6.07) is 0. The Hall–Kier alpha value is -0.940. The summed E-state index contributed by atoms with van der Waals surface area (Å²) >= 11 is 1.55. The van der Waals surface area contributed by atoms with Crippen molar-refractivity contribution in [2.45, 2.75) is 32.0 Å². The first-order valence-electron chi connectivity index (χ1n) is 5.59. The summed E-state index contributed by atoms with van der Waals surface area (Å²) in [4.78, 5) is 17.8. The van der Waals surface area contributed by atoms with Crippen molar-refractivity contribution >= 4 is 22.3 Å². The SMILES string of the molecule is CC(=O)c1csc(N2CC3CCC(C2)O3)n1. The molecule has 0 N–H and O–H groups in total. The van der Waals surface area contributed by atoms with E-state index in [1.54, 1.807) is 18.3 Å². The third-order valence-corrected chi connectivity index (χ3v) is 4.07. The molecule has 5 heteroatoms. The van der Waals surface area contributed by atoms with Crippen molar-refractivity contribution < 1.29 is 9.53 Å². The maximum Gasteiger partial charge on any atom is 0.186 e. The fourth-order valence-corrected chi connectivity index (χ4v) is 3.23. The predicted octanol–water partition coefficient (Wildman–Crippen LogP) is 1.71. The molecule has 2 saturated heterocycles. The Morgan fingerprint density at radius 2 is 2.19 bits per heavy atom. The topological polar surface area (TPSA) is 42.4 Å². The van der Waals surface area contributed by atoms with Crippen LogP contribution in [0.5, 0.6) is 0 Å². The fourth-order valence-electron chi connectivity index (χ4n) is 2.34. The number of carbonyl (C=O) groups is 1. The number of nitrogens with zero attached hydrogens (tertiary/aromatic N) is 2. The number of ketones is 1. The van der Waals surface area contributed by atoms with Gasteiger partial charge in [0.05, 0.1) is 12.2 Å². The van der Waals surface area contributed by atoms with E-state index in [2.05, 4.69) is 9.88 Å². The van der Waals surface area contributed by atoms with E-state index in [0.29, 0.717) is 17.9 Å². The van der Waals surface area contributed by atoms with Gasteiger partial charge in [-0.05, 0) is 12.8 Å². The summed E-state index contributed by atoms with van der Waals surface area (Å²) in [5, 5.41) is 2.81. The van der Waals surface area contributed by atoms with Gasteiger partial charge in [0.1, 0.15) is 5.69 Å². The smallest absolute Gasteiger partial charge is 0.186 e. The second-order valence-corrected chi connectivity index (χ2v) is 5.27. The van der Waals surface area contributed by atoms with Crippen LogP contribution in [0.4, 0.5) is 5.13 Å². The molecule has 2 fully saturated rings. The normalized spacial score (nSPS) is 28.4. The van der Waals surface area contributed by atoms with Gasteiger partial charge < -0.3 is 9.64 Å². The molecule has 2 bridgehead atoms. The van der Waals surface area contributed by atoms with Gasteiger partial charge in [-0.25, -0.2) is 4.98 Å². The Morgan fingerprint density at radius 3 is 2.75 bits per heavy atom. The number of hydrogen-bond acceptors (Lipinski definition) is 5. The Morgan fingerprint density at radius 1 is 1.50 bits per heavy atom. The van der Waals surface area contributed by atoms with Gasteiger partial charge >= 0.3 is 0 Å². The minimum atomic E-state index is 0.0405. The number of rotatable bonds is 2. The molecule has 0 radical (unpaired) electrons. The first-order valence-corrected chi connectivity index (χ1v) is 6.47. The van der Waals surface area contributed by atoms with Crippen LogP contribution in [0.2, 0.25) is 0 Å². The lowest BCUT2D eigenvalue weighted by molar-refractivity contribution is 0.0305. The molecule has 86 valence electrons. The van der Waals surface area contributed by atoms with Gasteiger partial charge in [0.25, 0.3) is 0 Å². The number of anilines is 1. The molecule has 2 atom stereocenters. The van der Waals surface area contributed by atoms with E-state index < -0.39 is 0 Å². The summed E-state index contributed by atoms with van der Waals surface area (Å²) < 4.78 is 5.77. The molecule has 3 rings (SSSR count). The van der Waals surface area contributed by atoms with E-state index in [0.717, 1.165) is 31.1 Å². The van der Waals surface area contributed by atoms with Crippen LogP contribution in [0.1, 0.15) is 30.3 Å². The van der Waals surface area contributed by atoms with Crippen LogP contribution >= 0.6 is 11.3 Å². The Balaban J connectivity index is 1.79. The average molecular weight is 238 g/mol. The van der Waals surface area contributed by atoms with Crippen molar-refractivity contribution in [2.75, 3.05) is 18.0 Å². The molecule has 0 spiro atoms. The largest absolute Gasteiger partial charge is 0.371 e. The zero-order valence-electron chi connectivity index (χ0n) is 9.18. The summed E-state index contributed by atoms with van der Waals surface area (Å²) in [6.45, 7) is 3.39. The molecule has 2 unspecified atom stereocenters. The molecule has 0 saturated carbocycles. The van der Waals surface area contributed by atoms with Crippen LogP contribution in [0.25, 0.3) is 0 Å². The molecule has 0 aliphatic carbocycles. The highest BCUT2D eigenvalue weighted by atomic mass is 32.1. The van der Waals surface area contributed by atoms with Crippen LogP contribution in [-0.2, 0) is 4.74 Å². The molecule has 2 aliphatic rings. The van der Waals surface area contributed by atoms with Crippen LogP contribution in [0, 0.1) is 0 Å². The number of aromatic nitrogens is 1. The second kappa shape index (κ2) is 3.82. The summed E-state index contributed by atoms with van der Waals surface area (Å²) in [5.41, 5.74) is 0.582. The fraction of sp³-hybridized carbons (Fsp3) is 0.636. The molecular formula is C11H14N2O2S. The number of fused-ring (bicyclic) bond motifs is 2. The molecule has 3 heterocycles. The monoisotopic (exact) mass is 238 g/mol. The van der Waals surface area contributed by atoms with Crippen molar-refractivity contribution in [1.29, 1.82) is 0 Å². The third kappa shape index (κ3) is 1.74. The molecule has 1 aromatic rings. The first kappa shape index (κ1) is 10.2. The van der Waals surface area contributed by atoms with Crippen LogP contribution in [-0.4, -0.2) is 36.1 Å². The first-order chi connectivity index (χ1) is 7.72. The van der Waals surface area contributed by atoms with E-state index in [9.17, 15) is 4.79 Å². The minimum absolute atomic E-state index is 0.0405. The maximum atomic E-state index is 11.2. The van der Waals surface area contributed by atoms with Crippen LogP contribution < -0.4 is 4.90 Å². The zero-order valence-corrected chi connectivity index (χ0v) is 10.00. The van der Waals surface area contributed by atoms with Crippen molar-refractivity contribution in [3.05, 3.63) is 11.1 Å². The van der Waals surface area contributed by atoms with Crippen molar-refractivity contribution in [3.63, 3.8) is 0 Å². The molecular weight excluding hydrogens is 224 g/mol. The summed E-state index contributed by atoms with van der Waals surface area (Å²) in [6.07, 6.45) is 3.05. The van der Waals surface area contributed by atoms with E-state index in [1.165, 1.54) is 0 Å². The number of carbonyl (C=O) groups excluding carboxylic acids is 1. The van der Waals surface area contributed by atoms with E-state index in [1.807, 2.05) is 5.38 Å². The molecule has 4 nitrogen and oxygen atoms in total. The Bertz CT molecular complexity index is 406. The Labute approximate surface area is 98.2 Å². The number of hydrogen-bond donors (Lipinski definition) is 0.